The zero-order valence-electron chi connectivity index (χ0n) is 46.1. The van der Waals surface area contributed by atoms with E-state index in [-0.39, 0.29) is 5.41 Å². The average molecular weight is 1090 g/mol. The number of fused-ring (bicyclic) bond motifs is 21. The van der Waals surface area contributed by atoms with Crippen LogP contribution in [-0.2, 0) is 5.41 Å². The highest BCUT2D eigenvalue weighted by atomic mass is 32.1. The van der Waals surface area contributed by atoms with Crippen LogP contribution < -0.4 is 0 Å². The van der Waals surface area contributed by atoms with Gasteiger partial charge in [-0.1, -0.05) is 238 Å². The van der Waals surface area contributed by atoms with E-state index >= 15 is 0 Å². The van der Waals surface area contributed by atoms with Gasteiger partial charge in [0.05, 0.1) is 45.8 Å². The first kappa shape index (κ1) is 48.3. The van der Waals surface area contributed by atoms with Gasteiger partial charge in [0.1, 0.15) is 0 Å². The van der Waals surface area contributed by atoms with Crippen LogP contribution in [-0.4, -0.2) is 19.9 Å². The maximum absolute atomic E-state index is 5.29. The van der Waals surface area contributed by atoms with Crippen molar-refractivity contribution in [1.29, 1.82) is 0 Å². The quantitative estimate of drug-likeness (QED) is 0.165. The fourth-order valence-electron chi connectivity index (χ4n) is 13.7. The maximum Gasteiger partial charge on any atom is 0.0979 e. The molecule has 0 fully saturated rings. The average Bonchev–Trinajstić information content (AvgIpc) is 2.31. The van der Waals surface area contributed by atoms with Crippen molar-refractivity contribution >= 4 is 118 Å². The zero-order valence-corrected chi connectivity index (χ0v) is 46.9. The van der Waals surface area contributed by atoms with Crippen molar-refractivity contribution < 1.29 is 0 Å². The van der Waals surface area contributed by atoms with Crippen LogP contribution in [0.5, 0.6) is 0 Å². The molecule has 0 amide bonds. The van der Waals surface area contributed by atoms with E-state index in [2.05, 4.69) is 269 Å². The Morgan fingerprint density at radius 2 is 0.702 bits per heavy atom. The van der Waals surface area contributed by atoms with Gasteiger partial charge in [-0.05, 0) is 118 Å². The van der Waals surface area contributed by atoms with E-state index in [1.807, 2.05) is 23.7 Å². The number of aromatic nitrogens is 4. The van der Waals surface area contributed by atoms with Crippen LogP contribution in [0, 0.1) is 0 Å². The third-order valence-electron chi connectivity index (χ3n) is 17.8. The molecule has 3 heterocycles. The molecule has 0 bridgehead atoms. The summed E-state index contributed by atoms with van der Waals surface area (Å²) in [6.07, 6.45) is 3.87. The number of rotatable bonds is 4. The largest absolute Gasteiger partial charge is 0.252 e. The van der Waals surface area contributed by atoms with Crippen LogP contribution in [0.2, 0.25) is 0 Å². The summed E-state index contributed by atoms with van der Waals surface area (Å²) in [5.74, 6) is 0. The summed E-state index contributed by atoms with van der Waals surface area (Å²) in [5.41, 5.74) is 17.9. The molecule has 0 spiro atoms. The molecule has 1 aliphatic rings. The lowest BCUT2D eigenvalue weighted by Gasteiger charge is -2.22. The Morgan fingerprint density at radius 3 is 1.30 bits per heavy atom. The summed E-state index contributed by atoms with van der Waals surface area (Å²) in [4.78, 5) is 20.5. The Kier molecular flexibility index (Phi) is 10.8. The molecule has 5 heteroatoms. The van der Waals surface area contributed by atoms with Crippen LogP contribution in [0.3, 0.4) is 0 Å². The van der Waals surface area contributed by atoms with Gasteiger partial charge in [-0.25, -0.2) is 9.97 Å². The van der Waals surface area contributed by atoms with Crippen LogP contribution >= 0.6 is 11.3 Å². The van der Waals surface area contributed by atoms with E-state index in [9.17, 15) is 0 Å². The third-order valence-corrected chi connectivity index (χ3v) is 19.0. The van der Waals surface area contributed by atoms with Gasteiger partial charge in [0.25, 0.3) is 0 Å². The van der Waals surface area contributed by atoms with Crippen molar-refractivity contribution in [3.05, 3.63) is 278 Å². The molecule has 4 nitrogen and oxygen atoms in total. The molecule has 3 aromatic heterocycles. The molecule has 17 aromatic rings. The van der Waals surface area contributed by atoms with E-state index < -0.39 is 0 Å². The fourth-order valence-corrected chi connectivity index (χ4v) is 14.9. The first-order chi connectivity index (χ1) is 41.4. The van der Waals surface area contributed by atoms with Crippen molar-refractivity contribution in [1.82, 2.24) is 19.9 Å². The molecule has 392 valence electrons. The minimum Gasteiger partial charge on any atom is -0.252 e. The zero-order chi connectivity index (χ0) is 55.6. The number of benzene rings is 14. The summed E-state index contributed by atoms with van der Waals surface area (Å²) < 4.78 is 2.69. The van der Waals surface area contributed by atoms with E-state index in [0.717, 1.165) is 66.1 Å². The van der Waals surface area contributed by atoms with Gasteiger partial charge in [0.2, 0.25) is 0 Å². The van der Waals surface area contributed by atoms with Crippen molar-refractivity contribution in [2.45, 2.75) is 19.3 Å². The predicted molar refractivity (Wildman–Crippen MR) is 356 cm³/mol. The fraction of sp³-hybridized carbons (Fsp3) is 0.0380. The molecule has 14 aromatic carbocycles. The Balaban J connectivity index is 0.000000135. The van der Waals surface area contributed by atoms with E-state index in [1.54, 1.807) is 0 Å². The number of hydrogen-bond donors (Lipinski definition) is 0. The molecule has 0 radical (unpaired) electrons. The minimum atomic E-state index is -0.155. The van der Waals surface area contributed by atoms with Crippen LogP contribution in [0.4, 0.5) is 0 Å². The number of nitrogens with zero attached hydrogens (tertiary/aromatic N) is 4. The van der Waals surface area contributed by atoms with Crippen molar-refractivity contribution in [3.8, 4) is 55.9 Å². The summed E-state index contributed by atoms with van der Waals surface area (Å²) in [6.45, 7) is 4.72. The van der Waals surface area contributed by atoms with Crippen molar-refractivity contribution in [3.63, 3.8) is 0 Å². The predicted octanol–water partition coefficient (Wildman–Crippen LogP) is 21.5. The van der Waals surface area contributed by atoms with E-state index in [4.69, 9.17) is 19.9 Å². The van der Waals surface area contributed by atoms with Crippen LogP contribution in [0.25, 0.3) is 163 Å². The summed E-state index contributed by atoms with van der Waals surface area (Å²) in [7, 11) is 0. The Labute approximate surface area is 488 Å². The second-order valence-corrected chi connectivity index (χ2v) is 23.8. The third kappa shape index (κ3) is 7.45. The number of thiophene rings is 1. The van der Waals surface area contributed by atoms with Gasteiger partial charge < -0.3 is 0 Å². The lowest BCUT2D eigenvalue weighted by atomic mass is 9.81. The van der Waals surface area contributed by atoms with Crippen LogP contribution in [0.15, 0.2) is 267 Å². The highest BCUT2D eigenvalue weighted by Gasteiger charge is 2.36. The first-order valence-electron chi connectivity index (χ1n) is 28.8. The second kappa shape index (κ2) is 18.8. The summed E-state index contributed by atoms with van der Waals surface area (Å²) in [5, 5.41) is 17.1. The topological polar surface area (TPSA) is 51.6 Å². The molecule has 0 N–H and O–H groups in total. The molecular formula is C79H50N4S. The van der Waals surface area contributed by atoms with E-state index in [1.165, 1.54) is 108 Å². The molecule has 1 aliphatic carbocycles. The van der Waals surface area contributed by atoms with Crippen molar-refractivity contribution in [2.24, 2.45) is 0 Å². The van der Waals surface area contributed by atoms with Crippen molar-refractivity contribution in [2.75, 3.05) is 0 Å². The number of hydrogen-bond acceptors (Lipinski definition) is 5. The molecule has 0 saturated heterocycles. The molecule has 0 atom stereocenters. The first-order valence-corrected chi connectivity index (χ1v) is 29.6. The Bertz CT molecular complexity index is 5550. The SMILES string of the molecule is CC1(C)c2cc(-c3cnc4c5ccccc5c5ccccc5c4n3)ccc2-c2ccc(-c3cccc4c3sc3ccccc34)cc21.c1cc(-c2cnc3c4ccccc4c4ccccc4c3n2)cc(-c2cc3ccccc3c3ccccc23)c1. The molecule has 0 aliphatic heterocycles. The standard InChI is InChI=1S/C43H28N2S.C36H22N2/c1-43(2)36-22-25(27-15-9-16-35-32-12-7-8-17-39(32)46-42(27)35)18-20-30(36)31-21-19-26(23-37(31)43)38-24-44-40-33-13-5-3-10-28(33)29-11-4-6-14-34(29)41(40)45-38;1-2-13-26-24(10-1)21-33(30-17-4-3-14-27(26)30)23-11-9-12-25(20-23)34-22-37-35-31-18-7-5-15-28(31)29-16-6-8-19-32(29)36(35)38-34/h3-24H,1-2H3;1-22H. The maximum atomic E-state index is 5.29. The van der Waals surface area contributed by atoms with Gasteiger partial charge in [-0.3, -0.25) is 9.97 Å². The van der Waals surface area contributed by atoms with Gasteiger partial charge in [-0.15, -0.1) is 11.3 Å². The van der Waals surface area contributed by atoms with Gasteiger partial charge >= 0.3 is 0 Å². The van der Waals surface area contributed by atoms with E-state index in [0.29, 0.717) is 0 Å². The molecule has 0 unspecified atom stereocenters. The smallest absolute Gasteiger partial charge is 0.0979 e. The molecule has 18 rings (SSSR count). The van der Waals surface area contributed by atoms with Gasteiger partial charge in [0, 0.05) is 58.3 Å². The lowest BCUT2D eigenvalue weighted by molar-refractivity contribution is 0.661. The van der Waals surface area contributed by atoms with Gasteiger partial charge in [0.15, 0.2) is 0 Å². The second-order valence-electron chi connectivity index (χ2n) is 22.8. The molecule has 0 saturated carbocycles. The highest BCUT2D eigenvalue weighted by molar-refractivity contribution is 7.26. The molecular weight excluding hydrogens is 1040 g/mol. The highest BCUT2D eigenvalue weighted by Crippen LogP contribution is 2.52. The summed E-state index contributed by atoms with van der Waals surface area (Å²) >= 11 is 1.89. The minimum absolute atomic E-state index is 0.155. The monoisotopic (exact) mass is 1090 g/mol. The Morgan fingerprint density at radius 1 is 0.286 bits per heavy atom. The normalized spacial score (nSPS) is 12.7. The summed E-state index contributed by atoms with van der Waals surface area (Å²) in [6, 6.07) is 91.7. The molecule has 84 heavy (non-hydrogen) atoms. The Hall–Kier alpha value is -10.5. The lowest BCUT2D eigenvalue weighted by Crippen LogP contribution is -2.15. The van der Waals surface area contributed by atoms with Crippen LogP contribution in [0.1, 0.15) is 25.0 Å². The van der Waals surface area contributed by atoms with Gasteiger partial charge in [-0.2, -0.15) is 0 Å².